The zero-order valence-electron chi connectivity index (χ0n) is 20.1. The molecule has 0 spiro atoms. The van der Waals surface area contributed by atoms with Gasteiger partial charge in [0.25, 0.3) is 0 Å². The van der Waals surface area contributed by atoms with Crippen LogP contribution in [0.2, 0.25) is 0 Å². The largest absolute Gasteiger partial charge is 0.344 e. The van der Waals surface area contributed by atoms with Crippen molar-refractivity contribution in [1.82, 2.24) is 5.48 Å². The number of nitrogens with zero attached hydrogens (tertiary/aromatic N) is 1. The van der Waals surface area contributed by atoms with Gasteiger partial charge in [0.1, 0.15) is 0 Å². The lowest BCUT2D eigenvalue weighted by Gasteiger charge is -2.17. The number of ketones is 1. The first-order valence-electron chi connectivity index (χ1n) is 11.3. The van der Waals surface area contributed by atoms with Crippen molar-refractivity contribution in [3.05, 3.63) is 106 Å². The summed E-state index contributed by atoms with van der Waals surface area (Å²) >= 11 is 0. The third-order valence-electron chi connectivity index (χ3n) is 5.58. The molecule has 1 N–H and O–H groups in total. The van der Waals surface area contributed by atoms with Crippen LogP contribution in [0.1, 0.15) is 52.9 Å². The van der Waals surface area contributed by atoms with Gasteiger partial charge in [0, 0.05) is 30.2 Å². The van der Waals surface area contributed by atoms with Crippen molar-refractivity contribution in [2.45, 2.75) is 40.5 Å². The van der Waals surface area contributed by atoms with Crippen LogP contribution >= 0.6 is 0 Å². The van der Waals surface area contributed by atoms with Crippen LogP contribution in [0.4, 0.5) is 5.69 Å². The van der Waals surface area contributed by atoms with Crippen molar-refractivity contribution in [2.75, 3.05) is 0 Å². The molecule has 5 heteroatoms. The van der Waals surface area contributed by atoms with Gasteiger partial charge in [0.15, 0.2) is 5.78 Å². The summed E-state index contributed by atoms with van der Waals surface area (Å²) in [4.78, 5) is 34.1. The predicted molar refractivity (Wildman–Crippen MR) is 137 cm³/mol. The summed E-state index contributed by atoms with van der Waals surface area (Å²) in [7, 11) is 0. The molecule has 5 nitrogen and oxygen atoms in total. The lowest BCUT2D eigenvalue weighted by molar-refractivity contribution is -0.149. The number of carbonyl (C=O) groups excluding carboxylic acids is 2. The van der Waals surface area contributed by atoms with Gasteiger partial charge in [0.05, 0.1) is 11.4 Å². The van der Waals surface area contributed by atoms with Crippen LogP contribution in [0.15, 0.2) is 83.5 Å². The van der Waals surface area contributed by atoms with Crippen molar-refractivity contribution >= 4 is 29.2 Å². The fourth-order valence-corrected chi connectivity index (χ4v) is 3.58. The third kappa shape index (κ3) is 6.29. The first-order chi connectivity index (χ1) is 16.4. The van der Waals surface area contributed by atoms with Crippen LogP contribution in [0, 0.1) is 13.8 Å². The van der Waals surface area contributed by atoms with E-state index in [9.17, 15) is 9.59 Å². The second-order valence-electron chi connectivity index (χ2n) is 8.07. The molecular formula is C29H30N2O3. The van der Waals surface area contributed by atoms with Gasteiger partial charge in [-0.25, -0.2) is 10.3 Å². The van der Waals surface area contributed by atoms with E-state index in [-0.39, 0.29) is 18.2 Å². The van der Waals surface area contributed by atoms with E-state index >= 15 is 0 Å². The molecule has 0 saturated heterocycles. The normalized spacial score (nSPS) is 11.8. The van der Waals surface area contributed by atoms with E-state index in [1.165, 1.54) is 6.92 Å². The first-order valence-corrected chi connectivity index (χ1v) is 11.3. The number of nitrogens with one attached hydrogen (secondary N) is 1. The van der Waals surface area contributed by atoms with Crippen LogP contribution in [-0.2, 0) is 16.1 Å². The summed E-state index contributed by atoms with van der Waals surface area (Å²) in [6.07, 6.45) is 2.50. The van der Waals surface area contributed by atoms with Crippen LogP contribution in [0.3, 0.4) is 0 Å². The minimum atomic E-state index is -0.356. The highest BCUT2D eigenvalue weighted by Crippen LogP contribution is 2.26. The molecule has 0 aromatic heterocycles. The van der Waals surface area contributed by atoms with Gasteiger partial charge in [-0.3, -0.25) is 9.79 Å². The number of hydroxylamine groups is 1. The maximum atomic E-state index is 12.1. The zero-order chi connectivity index (χ0) is 24.5. The first kappa shape index (κ1) is 24.6. The molecule has 0 saturated carbocycles. The van der Waals surface area contributed by atoms with E-state index in [4.69, 9.17) is 9.83 Å². The number of hydrogen-bond acceptors (Lipinski definition) is 5. The average Bonchev–Trinajstić information content (AvgIpc) is 2.84. The van der Waals surface area contributed by atoms with E-state index in [0.29, 0.717) is 23.4 Å². The topological polar surface area (TPSA) is 67.8 Å². The standard InChI is InChI=1S/C29H30N2O3/c1-5-29(33)34-31-28(18-23-14-8-6-12-20(23)2)26(24-15-9-7-13-21(24)3)19-30-27-17-11-10-16-25(27)22(4)32/h6-17,19,31H,5,18H2,1-4H3. The van der Waals surface area contributed by atoms with Gasteiger partial charge in [-0.1, -0.05) is 67.6 Å². The number of hydrogen-bond donors (Lipinski definition) is 1. The molecule has 3 aromatic carbocycles. The second-order valence-corrected chi connectivity index (χ2v) is 8.07. The van der Waals surface area contributed by atoms with Crippen molar-refractivity contribution in [2.24, 2.45) is 4.99 Å². The molecule has 0 heterocycles. The summed E-state index contributed by atoms with van der Waals surface area (Å²) in [5.74, 6) is -0.408. The molecule has 34 heavy (non-hydrogen) atoms. The molecule has 0 unspecified atom stereocenters. The SMILES string of the molecule is CCC(=O)ONC(Cc1ccccc1C)=C(C=Nc1ccccc1C(C)=O)c1ccccc1C. The highest BCUT2D eigenvalue weighted by atomic mass is 16.7. The molecule has 0 aliphatic heterocycles. The predicted octanol–water partition coefficient (Wildman–Crippen LogP) is 6.32. The van der Waals surface area contributed by atoms with Gasteiger partial charge in [-0.15, -0.1) is 0 Å². The highest BCUT2D eigenvalue weighted by molar-refractivity contribution is 6.13. The number of carbonyl (C=O) groups is 2. The van der Waals surface area contributed by atoms with Crippen LogP contribution in [-0.4, -0.2) is 18.0 Å². The minimum Gasteiger partial charge on any atom is -0.344 e. The molecule has 0 fully saturated rings. The van der Waals surface area contributed by atoms with E-state index in [0.717, 1.165) is 27.8 Å². The Kier molecular flexibility index (Phi) is 8.52. The van der Waals surface area contributed by atoms with Gasteiger partial charge < -0.3 is 4.84 Å². The third-order valence-corrected chi connectivity index (χ3v) is 5.58. The van der Waals surface area contributed by atoms with Crippen molar-refractivity contribution in [3.63, 3.8) is 0 Å². The zero-order valence-corrected chi connectivity index (χ0v) is 20.1. The van der Waals surface area contributed by atoms with Crippen molar-refractivity contribution < 1.29 is 14.4 Å². The fraction of sp³-hybridized carbons (Fsp3) is 0.207. The second kappa shape index (κ2) is 11.8. The minimum absolute atomic E-state index is 0.0516. The van der Waals surface area contributed by atoms with E-state index in [1.54, 1.807) is 19.2 Å². The number of rotatable bonds is 9. The Morgan fingerprint density at radius 3 is 2.15 bits per heavy atom. The maximum absolute atomic E-state index is 12.1. The molecule has 0 atom stereocenters. The van der Waals surface area contributed by atoms with Gasteiger partial charge in [0.2, 0.25) is 0 Å². The summed E-state index contributed by atoms with van der Waals surface area (Å²) in [5, 5.41) is 0. The summed E-state index contributed by atoms with van der Waals surface area (Å²) in [6, 6.07) is 23.3. The van der Waals surface area contributed by atoms with Gasteiger partial charge >= 0.3 is 5.97 Å². The van der Waals surface area contributed by atoms with Gasteiger partial charge in [-0.2, -0.15) is 0 Å². The Balaban J connectivity index is 2.18. The monoisotopic (exact) mass is 454 g/mol. The fourth-order valence-electron chi connectivity index (χ4n) is 3.58. The quantitative estimate of drug-likeness (QED) is 0.233. The molecule has 0 aliphatic carbocycles. The molecule has 0 aliphatic rings. The van der Waals surface area contributed by atoms with Crippen LogP contribution in [0.5, 0.6) is 0 Å². The van der Waals surface area contributed by atoms with Crippen molar-refractivity contribution in [1.29, 1.82) is 0 Å². The molecule has 0 radical (unpaired) electrons. The van der Waals surface area contributed by atoms with Crippen LogP contribution < -0.4 is 5.48 Å². The number of para-hydroxylation sites is 1. The number of allylic oxidation sites excluding steroid dienone is 2. The smallest absolute Gasteiger partial charge is 0.331 e. The maximum Gasteiger partial charge on any atom is 0.331 e. The molecule has 0 bridgehead atoms. The molecule has 3 rings (SSSR count). The summed E-state index contributed by atoms with van der Waals surface area (Å²) in [6.45, 7) is 7.35. The molecule has 0 amide bonds. The lowest BCUT2D eigenvalue weighted by Crippen LogP contribution is -2.22. The number of Topliss-reactive ketones (excluding diaryl/α,β-unsaturated/α-hetero) is 1. The average molecular weight is 455 g/mol. The van der Waals surface area contributed by atoms with Gasteiger partial charge in [-0.05, 0) is 55.2 Å². The Bertz CT molecular complexity index is 1240. The van der Waals surface area contributed by atoms with E-state index in [1.807, 2.05) is 61.5 Å². The van der Waals surface area contributed by atoms with E-state index in [2.05, 4.69) is 24.5 Å². The Labute approximate surface area is 201 Å². The van der Waals surface area contributed by atoms with Crippen molar-refractivity contribution in [3.8, 4) is 0 Å². The molecule has 3 aromatic rings. The highest BCUT2D eigenvalue weighted by Gasteiger charge is 2.15. The Hall–Kier alpha value is -3.99. The van der Waals surface area contributed by atoms with Crippen LogP contribution in [0.25, 0.3) is 5.57 Å². The number of aliphatic imine (C=N–C) groups is 1. The Morgan fingerprint density at radius 2 is 1.50 bits per heavy atom. The summed E-state index contributed by atoms with van der Waals surface area (Å²) < 4.78 is 0. The Morgan fingerprint density at radius 1 is 0.882 bits per heavy atom. The molecular weight excluding hydrogens is 424 g/mol. The number of benzene rings is 3. The van der Waals surface area contributed by atoms with E-state index < -0.39 is 0 Å². The molecule has 174 valence electrons. The summed E-state index contributed by atoms with van der Waals surface area (Å²) in [5.41, 5.74) is 9.77. The number of aryl methyl sites for hydroxylation is 2. The lowest BCUT2D eigenvalue weighted by atomic mass is 9.95.